The number of hydrogen-bond acceptors (Lipinski definition) is 13. The smallest absolute Gasteiger partial charge is 0.354 e. The van der Waals surface area contributed by atoms with Gasteiger partial charge in [-0.2, -0.15) is 5.26 Å². The Morgan fingerprint density at radius 1 is 0.667 bits per heavy atom. The molecule has 0 saturated heterocycles. The summed E-state index contributed by atoms with van der Waals surface area (Å²) in [7, 11) is 5.90. The van der Waals surface area contributed by atoms with Gasteiger partial charge in [-0.15, -0.1) is 0 Å². The minimum Gasteiger partial charge on any atom is -0.480 e. The fourth-order valence-electron chi connectivity index (χ4n) is 2.78. The maximum atomic E-state index is 10.7. The molecule has 0 bridgehead atoms. The zero-order chi connectivity index (χ0) is 36.4. The number of amidine groups is 1. The zero-order valence-electron chi connectivity index (χ0n) is 25.3. The van der Waals surface area contributed by atoms with E-state index in [1.807, 2.05) is 6.07 Å². The van der Waals surface area contributed by atoms with Crippen molar-refractivity contribution in [3.63, 3.8) is 0 Å². The van der Waals surface area contributed by atoms with Crippen LogP contribution in [0.25, 0.3) is 0 Å². The van der Waals surface area contributed by atoms with Crippen LogP contribution in [-0.4, -0.2) is 76.4 Å². The molecule has 16 nitrogen and oxygen atoms in total. The van der Waals surface area contributed by atoms with E-state index in [0.29, 0.717) is 42.4 Å². The first-order valence-corrected chi connectivity index (χ1v) is 15.7. The normalized spacial score (nSPS) is 9.85. The Morgan fingerprint density at radius 3 is 1.40 bits per heavy atom. The molecule has 0 atom stereocenters. The van der Waals surface area contributed by atoms with E-state index >= 15 is 0 Å². The van der Waals surface area contributed by atoms with Crippen molar-refractivity contribution < 1.29 is 38.9 Å². The molecule has 0 radical (unpaired) electrons. The summed E-state index contributed by atoms with van der Waals surface area (Å²) in [6.45, 7) is 0. The van der Waals surface area contributed by atoms with Crippen LogP contribution in [0.5, 0.6) is 23.5 Å². The second-order valence-electron chi connectivity index (χ2n) is 8.02. The van der Waals surface area contributed by atoms with Crippen molar-refractivity contribution in [2.45, 2.75) is 0 Å². The Balaban J connectivity index is 0.000000320. The third-order valence-corrected chi connectivity index (χ3v) is 7.40. The number of methoxy groups -OCH3 is 4. The average Bonchev–Trinajstić information content (AvgIpc) is 3.09. The number of oxime groups is 1. The molecule has 4 aromatic rings. The van der Waals surface area contributed by atoms with Gasteiger partial charge in [0.15, 0.2) is 11.5 Å². The average molecular weight is 922 g/mol. The molecule has 4 rings (SSSR count). The number of nitrogens with two attached hydrogens (primary N) is 2. The lowest BCUT2D eigenvalue weighted by atomic mass is 10.3. The molecule has 0 saturated carbocycles. The Labute approximate surface area is 307 Å². The first-order chi connectivity index (χ1) is 22.8. The number of amides is 1. The van der Waals surface area contributed by atoms with E-state index < -0.39 is 11.9 Å². The lowest BCUT2D eigenvalue weighted by Gasteiger charge is -2.03. The predicted molar refractivity (Wildman–Crippen MR) is 187 cm³/mol. The maximum Gasteiger partial charge on any atom is 0.354 e. The van der Waals surface area contributed by atoms with Gasteiger partial charge in [0.1, 0.15) is 23.2 Å². The molecule has 1 amide bonds. The van der Waals surface area contributed by atoms with Crippen molar-refractivity contribution in [1.82, 2.24) is 19.9 Å². The van der Waals surface area contributed by atoms with E-state index in [2.05, 4.69) is 88.8 Å². The quantitative estimate of drug-likeness (QED) is 0.0808. The summed E-state index contributed by atoms with van der Waals surface area (Å²) >= 11 is 12.8. The highest BCUT2D eigenvalue weighted by atomic mass is 79.9. The molecular formula is C28H26Br4N8O8. The Morgan fingerprint density at radius 2 is 1.02 bits per heavy atom. The minimum absolute atomic E-state index is 0.0324. The number of carbonyl (C=O) groups excluding carboxylic acids is 1. The third kappa shape index (κ3) is 13.3. The number of halogens is 4. The second-order valence-corrected chi connectivity index (χ2v) is 11.4. The highest BCUT2D eigenvalue weighted by Gasteiger charge is 2.09. The van der Waals surface area contributed by atoms with Gasteiger partial charge in [0.25, 0.3) is 5.91 Å². The van der Waals surface area contributed by atoms with Crippen LogP contribution in [0, 0.1) is 11.3 Å². The number of primary amides is 1. The molecule has 6 N–H and O–H groups in total. The number of carboxylic acid groups (broad SMARTS) is 1. The molecule has 20 heteroatoms. The molecular weight excluding hydrogens is 896 g/mol. The van der Waals surface area contributed by atoms with Gasteiger partial charge in [-0.3, -0.25) is 4.79 Å². The fourth-order valence-corrected chi connectivity index (χ4v) is 4.31. The van der Waals surface area contributed by atoms with Crippen molar-refractivity contribution in [2.24, 2.45) is 16.6 Å². The molecule has 48 heavy (non-hydrogen) atoms. The second kappa shape index (κ2) is 21.3. The number of aromatic nitrogens is 4. The number of carboxylic acids is 1. The minimum atomic E-state index is -1.07. The van der Waals surface area contributed by atoms with E-state index in [9.17, 15) is 9.59 Å². The third-order valence-electron chi connectivity index (χ3n) is 4.99. The molecule has 0 aliphatic rings. The predicted octanol–water partition coefficient (Wildman–Crippen LogP) is 5.17. The topological polar surface area (TPSA) is 251 Å². The molecule has 0 aliphatic heterocycles. The van der Waals surface area contributed by atoms with Crippen molar-refractivity contribution in [3.05, 3.63) is 89.2 Å². The SMILES string of the molecule is COc1nc(/C(N)=N/O)ccc1Br.COc1nc(C#N)ccc1Br.COc1nc(C(=O)O)ccc1Br.COc1nc(C(N)=O)ccc1Br. The largest absolute Gasteiger partial charge is 0.480 e. The number of ether oxygens (including phenoxy) is 4. The Hall–Kier alpha value is -4.58. The van der Waals surface area contributed by atoms with Crippen molar-refractivity contribution >= 4 is 81.4 Å². The van der Waals surface area contributed by atoms with Crippen molar-refractivity contribution in [2.75, 3.05) is 28.4 Å². The highest BCUT2D eigenvalue weighted by Crippen LogP contribution is 2.24. The number of nitriles is 1. The zero-order valence-corrected chi connectivity index (χ0v) is 31.7. The number of pyridine rings is 4. The number of carbonyl (C=O) groups is 2. The van der Waals surface area contributed by atoms with E-state index in [1.165, 1.54) is 40.6 Å². The van der Waals surface area contributed by atoms with Crippen LogP contribution in [-0.2, 0) is 0 Å². The van der Waals surface area contributed by atoms with Crippen LogP contribution in [0.1, 0.15) is 32.4 Å². The van der Waals surface area contributed by atoms with Gasteiger partial charge in [-0.25, -0.2) is 24.7 Å². The summed E-state index contributed by atoms with van der Waals surface area (Å²) in [4.78, 5) is 36.5. The van der Waals surface area contributed by atoms with Crippen molar-refractivity contribution in [3.8, 4) is 29.6 Å². The monoisotopic (exact) mass is 918 g/mol. The number of aromatic carboxylic acids is 1. The van der Waals surface area contributed by atoms with Gasteiger partial charge in [0.2, 0.25) is 23.5 Å². The summed E-state index contributed by atoms with van der Waals surface area (Å²) in [5.74, 6) is -0.234. The van der Waals surface area contributed by atoms with Crippen molar-refractivity contribution in [1.29, 1.82) is 5.26 Å². The van der Waals surface area contributed by atoms with E-state index in [1.54, 1.807) is 36.4 Å². The first-order valence-electron chi connectivity index (χ1n) is 12.5. The standard InChI is InChI=1S/C7H8BrN3O2.C7H7BrN2O2.C7H5BrN2O.C7H6BrNO3/c1-13-7-4(8)2-3-5(10-7)6(9)11-12;1-12-7-4(8)2-3-5(10-7)6(9)11;1-11-7-6(8)3-2-5(4-9)10-7;1-12-6-4(8)2-3-5(9-6)7(10)11/h2-3,12H,1H3,(H2,9,11);2-3H,1H3,(H2,9,11);2-3H,1H3;2-3H,1H3,(H,10,11). The molecule has 0 aliphatic carbocycles. The molecule has 0 aromatic carbocycles. The van der Waals surface area contributed by atoms with E-state index in [-0.39, 0.29) is 23.1 Å². The molecule has 0 spiro atoms. The molecule has 0 unspecified atom stereocenters. The van der Waals surface area contributed by atoms with Gasteiger partial charge in [-0.1, -0.05) is 5.16 Å². The van der Waals surface area contributed by atoms with Gasteiger partial charge in [-0.05, 0) is 112 Å². The lowest BCUT2D eigenvalue weighted by molar-refractivity contribution is 0.0689. The van der Waals surface area contributed by atoms with Crippen LogP contribution < -0.4 is 30.4 Å². The first kappa shape index (κ1) is 41.4. The molecule has 254 valence electrons. The van der Waals surface area contributed by atoms with Crippen LogP contribution in [0.3, 0.4) is 0 Å². The number of hydrogen-bond donors (Lipinski definition) is 4. The summed E-state index contributed by atoms with van der Waals surface area (Å²) in [5, 5.41) is 28.2. The van der Waals surface area contributed by atoms with Crippen LogP contribution in [0.15, 0.2) is 71.6 Å². The summed E-state index contributed by atoms with van der Waals surface area (Å²) in [6, 6.07) is 14.7. The summed E-state index contributed by atoms with van der Waals surface area (Å²) in [6.07, 6.45) is 0. The van der Waals surface area contributed by atoms with Crippen LogP contribution >= 0.6 is 63.7 Å². The van der Waals surface area contributed by atoms with Gasteiger partial charge in [0, 0.05) is 0 Å². The fraction of sp³-hybridized carbons (Fsp3) is 0.143. The van der Waals surface area contributed by atoms with Gasteiger partial charge in [0.05, 0.1) is 46.3 Å². The number of nitrogens with zero attached hydrogens (tertiary/aromatic N) is 6. The Bertz CT molecular complexity index is 1730. The van der Waals surface area contributed by atoms with Crippen LogP contribution in [0.4, 0.5) is 0 Å². The summed E-state index contributed by atoms with van der Waals surface area (Å²) in [5.41, 5.74) is 11.2. The Kier molecular flexibility index (Phi) is 18.4. The van der Waals surface area contributed by atoms with Crippen LogP contribution in [0.2, 0.25) is 0 Å². The molecule has 4 aromatic heterocycles. The molecule has 0 fully saturated rings. The molecule has 4 heterocycles. The van der Waals surface area contributed by atoms with Gasteiger partial charge >= 0.3 is 5.97 Å². The number of rotatable bonds is 7. The van der Waals surface area contributed by atoms with E-state index in [0.717, 1.165) is 4.47 Å². The highest BCUT2D eigenvalue weighted by molar-refractivity contribution is 9.11. The maximum absolute atomic E-state index is 10.7. The van der Waals surface area contributed by atoms with Gasteiger partial charge < -0.3 is 40.7 Å². The van der Waals surface area contributed by atoms with E-state index in [4.69, 9.17) is 46.0 Å². The lowest BCUT2D eigenvalue weighted by Crippen LogP contribution is -2.15. The summed E-state index contributed by atoms with van der Waals surface area (Å²) < 4.78 is 22.3.